The first-order chi connectivity index (χ1) is 21.1. The van der Waals surface area contributed by atoms with E-state index in [1.165, 1.54) is 25.0 Å². The summed E-state index contributed by atoms with van der Waals surface area (Å²) >= 11 is 0. The predicted molar refractivity (Wildman–Crippen MR) is 168 cm³/mol. The second kappa shape index (κ2) is 11.9. The second-order valence-corrected chi connectivity index (χ2v) is 11.1. The average molecular weight is 576 g/mol. The Balaban J connectivity index is 1.20. The van der Waals surface area contributed by atoms with Crippen LogP contribution in [0.4, 0.5) is 4.39 Å². The average Bonchev–Trinajstić information content (AvgIpc) is 3.79. The molecule has 0 amide bonds. The summed E-state index contributed by atoms with van der Waals surface area (Å²) in [4.78, 5) is 14.8. The summed E-state index contributed by atoms with van der Waals surface area (Å²) in [5.74, 6) is 0.188. The Morgan fingerprint density at radius 3 is 2.65 bits per heavy atom. The summed E-state index contributed by atoms with van der Waals surface area (Å²) in [6.45, 7) is 7.37. The molecule has 0 saturated carbocycles. The van der Waals surface area contributed by atoms with Crippen molar-refractivity contribution >= 4 is 21.8 Å². The molecule has 0 radical (unpaired) electrons. The van der Waals surface area contributed by atoms with E-state index in [-0.39, 0.29) is 5.82 Å². The number of hydrogen-bond donors (Lipinski definition) is 3. The quantitative estimate of drug-likeness (QED) is 0.171. The second-order valence-electron chi connectivity index (χ2n) is 11.1. The van der Waals surface area contributed by atoms with Crippen molar-refractivity contribution in [2.45, 2.75) is 26.3 Å². The van der Waals surface area contributed by atoms with Gasteiger partial charge in [-0.05, 0) is 85.6 Å². The van der Waals surface area contributed by atoms with Gasteiger partial charge >= 0.3 is 0 Å². The van der Waals surface area contributed by atoms with Gasteiger partial charge in [0.15, 0.2) is 0 Å². The van der Waals surface area contributed by atoms with Gasteiger partial charge < -0.3 is 15.0 Å². The Morgan fingerprint density at radius 2 is 1.77 bits per heavy atom. The van der Waals surface area contributed by atoms with Crippen molar-refractivity contribution in [2.75, 3.05) is 32.8 Å². The topological polar surface area (TPSA) is 94.8 Å². The SMILES string of the molecule is CCNCc1cncc(-c2ccc3[nH]nc(-c4cc5c(-c6cc(F)cc(OCCN7CCCC7)c6)cncc5[nH]4)c3c2)c1. The number of hydrogen-bond acceptors (Lipinski definition) is 6. The number of nitrogens with zero attached hydrogens (tertiary/aromatic N) is 4. The number of fused-ring (bicyclic) bond motifs is 2. The molecule has 8 nitrogen and oxygen atoms in total. The van der Waals surface area contributed by atoms with Crippen LogP contribution in [0.5, 0.6) is 5.75 Å². The molecule has 4 aromatic heterocycles. The van der Waals surface area contributed by atoms with Crippen molar-refractivity contribution in [3.8, 4) is 39.4 Å². The molecule has 6 aromatic rings. The summed E-state index contributed by atoms with van der Waals surface area (Å²) in [5.41, 5.74) is 8.25. The zero-order valence-electron chi connectivity index (χ0n) is 24.2. The molecule has 0 spiro atoms. The fourth-order valence-corrected chi connectivity index (χ4v) is 5.92. The molecule has 1 aliphatic heterocycles. The smallest absolute Gasteiger partial charge is 0.127 e. The van der Waals surface area contributed by atoms with Gasteiger partial charge in [-0.2, -0.15) is 5.10 Å². The third-order valence-corrected chi connectivity index (χ3v) is 8.13. The number of halogens is 1. The van der Waals surface area contributed by atoms with Crippen molar-refractivity contribution in [2.24, 2.45) is 0 Å². The van der Waals surface area contributed by atoms with Crippen molar-refractivity contribution in [3.05, 3.63) is 84.7 Å². The summed E-state index contributed by atoms with van der Waals surface area (Å²) in [7, 11) is 0. The lowest BCUT2D eigenvalue weighted by molar-refractivity contribution is 0.237. The molecule has 1 fully saturated rings. The molecule has 1 saturated heterocycles. The fraction of sp³-hybridized carbons (Fsp3) is 0.265. The van der Waals surface area contributed by atoms with Gasteiger partial charge in [-0.15, -0.1) is 0 Å². The number of aromatic nitrogens is 5. The summed E-state index contributed by atoms with van der Waals surface area (Å²) in [6, 6.07) is 15.4. The maximum Gasteiger partial charge on any atom is 0.127 e. The zero-order chi connectivity index (χ0) is 29.2. The van der Waals surface area contributed by atoms with E-state index >= 15 is 0 Å². The van der Waals surface area contributed by atoms with E-state index in [2.05, 4.69) is 66.6 Å². The Morgan fingerprint density at radius 1 is 0.884 bits per heavy atom. The maximum atomic E-state index is 14.8. The number of benzene rings is 2. The number of H-pyrrole nitrogens is 2. The van der Waals surface area contributed by atoms with Crippen LogP contribution in [0.25, 0.3) is 55.4 Å². The van der Waals surface area contributed by atoms with E-state index in [9.17, 15) is 4.39 Å². The van der Waals surface area contributed by atoms with Gasteiger partial charge in [0.1, 0.15) is 23.9 Å². The standard InChI is InChI=1S/C34H34FN7O/c1-2-36-17-22-11-25(19-37-18-22)23-5-6-31-29(14-23)34(41-40-31)32-16-28-30(20-38-21-33(28)39-32)24-12-26(35)15-27(13-24)43-10-9-42-7-3-4-8-42/h5-6,11-16,18-21,36,39H,2-4,7-10,17H2,1H3,(H,40,41). The van der Waals surface area contributed by atoms with Crippen molar-refractivity contribution < 1.29 is 9.13 Å². The minimum absolute atomic E-state index is 0.337. The molecule has 2 aromatic carbocycles. The summed E-state index contributed by atoms with van der Waals surface area (Å²) < 4.78 is 20.7. The lowest BCUT2D eigenvalue weighted by Crippen LogP contribution is -2.25. The zero-order valence-corrected chi connectivity index (χ0v) is 24.2. The molecular formula is C34H34FN7O. The molecule has 43 heavy (non-hydrogen) atoms. The van der Waals surface area contributed by atoms with Crippen LogP contribution >= 0.6 is 0 Å². The molecule has 0 unspecified atom stereocenters. The highest BCUT2D eigenvalue weighted by Crippen LogP contribution is 2.36. The van der Waals surface area contributed by atoms with Crippen LogP contribution < -0.4 is 10.1 Å². The van der Waals surface area contributed by atoms with E-state index in [1.807, 2.05) is 24.5 Å². The van der Waals surface area contributed by atoms with Crippen LogP contribution in [-0.4, -0.2) is 62.8 Å². The molecule has 9 heteroatoms. The van der Waals surface area contributed by atoms with Crippen molar-refractivity contribution in [1.82, 2.24) is 35.4 Å². The van der Waals surface area contributed by atoms with Crippen LogP contribution in [0.1, 0.15) is 25.3 Å². The van der Waals surface area contributed by atoms with E-state index in [4.69, 9.17) is 4.74 Å². The van der Waals surface area contributed by atoms with Gasteiger partial charge in [-0.3, -0.25) is 20.0 Å². The molecule has 0 aliphatic carbocycles. The van der Waals surface area contributed by atoms with Crippen LogP contribution in [0.15, 0.2) is 73.3 Å². The van der Waals surface area contributed by atoms with Gasteiger partial charge in [0.25, 0.3) is 0 Å². The Bertz CT molecular complexity index is 1890. The number of aromatic amines is 2. The van der Waals surface area contributed by atoms with Gasteiger partial charge in [0.05, 0.1) is 22.9 Å². The van der Waals surface area contributed by atoms with E-state index < -0.39 is 0 Å². The van der Waals surface area contributed by atoms with E-state index in [1.54, 1.807) is 12.4 Å². The number of rotatable bonds is 10. The number of nitrogens with one attached hydrogen (secondary N) is 3. The van der Waals surface area contributed by atoms with Crippen LogP contribution in [0.3, 0.4) is 0 Å². The third-order valence-electron chi connectivity index (χ3n) is 8.13. The minimum atomic E-state index is -0.337. The number of likely N-dealkylation sites (tertiary alicyclic amines) is 1. The molecule has 3 N–H and O–H groups in total. The Kier molecular flexibility index (Phi) is 7.57. The molecule has 0 bridgehead atoms. The highest BCUT2D eigenvalue weighted by Gasteiger charge is 2.16. The van der Waals surface area contributed by atoms with E-state index in [0.717, 1.165) is 93.7 Å². The highest BCUT2D eigenvalue weighted by molar-refractivity contribution is 6.01. The first-order valence-electron chi connectivity index (χ1n) is 14.9. The molecule has 0 atom stereocenters. The molecule has 218 valence electrons. The maximum absolute atomic E-state index is 14.8. The number of ether oxygens (including phenoxy) is 1. The van der Waals surface area contributed by atoms with Gasteiger partial charge in [0.2, 0.25) is 0 Å². The third kappa shape index (κ3) is 5.74. The van der Waals surface area contributed by atoms with Crippen molar-refractivity contribution in [3.63, 3.8) is 0 Å². The molecular weight excluding hydrogens is 541 g/mol. The van der Waals surface area contributed by atoms with Gasteiger partial charge in [0, 0.05) is 59.6 Å². The monoisotopic (exact) mass is 575 g/mol. The predicted octanol–water partition coefficient (Wildman–Crippen LogP) is 6.56. The molecule has 1 aliphatic rings. The molecule has 7 rings (SSSR count). The van der Waals surface area contributed by atoms with Crippen molar-refractivity contribution in [1.29, 1.82) is 0 Å². The highest BCUT2D eigenvalue weighted by atomic mass is 19.1. The molecule has 5 heterocycles. The lowest BCUT2D eigenvalue weighted by atomic mass is 10.0. The summed E-state index contributed by atoms with van der Waals surface area (Å²) in [5, 5.41) is 13.1. The van der Waals surface area contributed by atoms with Gasteiger partial charge in [-0.1, -0.05) is 13.0 Å². The van der Waals surface area contributed by atoms with Gasteiger partial charge in [-0.25, -0.2) is 4.39 Å². The largest absolute Gasteiger partial charge is 0.492 e. The lowest BCUT2D eigenvalue weighted by Gasteiger charge is -2.15. The minimum Gasteiger partial charge on any atom is -0.492 e. The van der Waals surface area contributed by atoms with Crippen LogP contribution in [-0.2, 0) is 6.54 Å². The first kappa shape index (κ1) is 27.2. The normalized spacial score (nSPS) is 13.8. The van der Waals surface area contributed by atoms with E-state index in [0.29, 0.717) is 12.4 Å². The van der Waals surface area contributed by atoms with Crippen LogP contribution in [0.2, 0.25) is 0 Å². The first-order valence-corrected chi connectivity index (χ1v) is 14.9. The Hall–Kier alpha value is -4.60. The van der Waals surface area contributed by atoms with Crippen LogP contribution in [0, 0.1) is 5.82 Å². The summed E-state index contributed by atoms with van der Waals surface area (Å²) in [6.07, 6.45) is 9.82. The fourth-order valence-electron chi connectivity index (χ4n) is 5.92. The number of pyridine rings is 2. The Labute approximate surface area is 249 Å².